The maximum atomic E-state index is 13.4. The monoisotopic (exact) mass is 448 g/mol. The SMILES string of the molecule is CCC(C(=O)NC(C)(C)C)N(Cc1ccccc1C)C(=O)Cc1ccc(Cl)cc1Cl. The molecule has 2 amide bonds. The van der Waals surface area contributed by atoms with Gasteiger partial charge in [0.15, 0.2) is 0 Å². The molecule has 2 rings (SSSR count). The number of carbonyl (C=O) groups excluding carboxylic acids is 2. The molecule has 4 nitrogen and oxygen atoms in total. The highest BCUT2D eigenvalue weighted by molar-refractivity contribution is 6.35. The van der Waals surface area contributed by atoms with Crippen LogP contribution in [0.3, 0.4) is 0 Å². The van der Waals surface area contributed by atoms with E-state index >= 15 is 0 Å². The smallest absolute Gasteiger partial charge is 0.243 e. The number of nitrogens with one attached hydrogen (secondary N) is 1. The Hall–Kier alpha value is -2.04. The fraction of sp³-hybridized carbons (Fsp3) is 0.417. The van der Waals surface area contributed by atoms with Crippen LogP contribution in [0.2, 0.25) is 10.0 Å². The maximum absolute atomic E-state index is 13.4. The lowest BCUT2D eigenvalue weighted by Gasteiger charge is -2.33. The fourth-order valence-corrected chi connectivity index (χ4v) is 3.75. The first-order chi connectivity index (χ1) is 14.0. The Morgan fingerprint density at radius 3 is 2.30 bits per heavy atom. The van der Waals surface area contributed by atoms with Gasteiger partial charge >= 0.3 is 0 Å². The Kier molecular flexibility index (Phi) is 8.34. The molecule has 2 aromatic rings. The first-order valence-corrected chi connectivity index (χ1v) is 10.9. The van der Waals surface area contributed by atoms with E-state index in [2.05, 4.69) is 5.32 Å². The van der Waals surface area contributed by atoms with E-state index in [0.29, 0.717) is 28.6 Å². The molecule has 0 spiro atoms. The van der Waals surface area contributed by atoms with Crippen molar-refractivity contribution in [2.45, 2.75) is 65.6 Å². The van der Waals surface area contributed by atoms with Crippen LogP contribution in [0.15, 0.2) is 42.5 Å². The van der Waals surface area contributed by atoms with Gasteiger partial charge in [-0.1, -0.05) is 60.5 Å². The molecule has 1 N–H and O–H groups in total. The van der Waals surface area contributed by atoms with Gasteiger partial charge in [0.05, 0.1) is 6.42 Å². The largest absolute Gasteiger partial charge is 0.350 e. The van der Waals surface area contributed by atoms with Crippen molar-refractivity contribution in [2.75, 3.05) is 0 Å². The van der Waals surface area contributed by atoms with Gasteiger partial charge in [-0.15, -0.1) is 0 Å². The second-order valence-corrected chi connectivity index (χ2v) is 9.37. The molecule has 162 valence electrons. The van der Waals surface area contributed by atoms with Crippen LogP contribution in [0.25, 0.3) is 0 Å². The molecule has 0 fully saturated rings. The number of carbonyl (C=O) groups is 2. The number of hydrogen-bond acceptors (Lipinski definition) is 2. The van der Waals surface area contributed by atoms with Crippen LogP contribution in [-0.4, -0.2) is 28.3 Å². The standard InChI is InChI=1S/C24H30Cl2N2O2/c1-6-21(23(30)27-24(3,4)5)28(15-18-10-8-7-9-16(18)2)22(29)13-17-11-12-19(25)14-20(17)26/h7-12,14,21H,6,13,15H2,1-5H3,(H,27,30). The zero-order valence-corrected chi connectivity index (χ0v) is 19.8. The maximum Gasteiger partial charge on any atom is 0.243 e. The van der Waals surface area contributed by atoms with E-state index in [9.17, 15) is 9.59 Å². The van der Waals surface area contributed by atoms with Crippen LogP contribution in [0.5, 0.6) is 0 Å². The third kappa shape index (κ3) is 6.75. The summed E-state index contributed by atoms with van der Waals surface area (Å²) < 4.78 is 0. The van der Waals surface area contributed by atoms with Crippen molar-refractivity contribution in [1.29, 1.82) is 0 Å². The van der Waals surface area contributed by atoms with E-state index in [1.165, 1.54) is 0 Å². The number of amides is 2. The van der Waals surface area contributed by atoms with Gasteiger partial charge in [0.2, 0.25) is 11.8 Å². The first-order valence-electron chi connectivity index (χ1n) is 10.1. The lowest BCUT2D eigenvalue weighted by molar-refractivity contribution is -0.141. The van der Waals surface area contributed by atoms with Crippen molar-refractivity contribution < 1.29 is 9.59 Å². The predicted octanol–water partition coefficient (Wildman–Crippen LogP) is 5.57. The summed E-state index contributed by atoms with van der Waals surface area (Å²) in [5.41, 5.74) is 2.38. The molecule has 0 aliphatic carbocycles. The molecule has 0 saturated carbocycles. The quantitative estimate of drug-likeness (QED) is 0.601. The van der Waals surface area contributed by atoms with Crippen molar-refractivity contribution in [3.05, 3.63) is 69.2 Å². The first kappa shape index (κ1) is 24.2. The molecule has 30 heavy (non-hydrogen) atoms. The van der Waals surface area contributed by atoms with Gasteiger partial charge in [-0.3, -0.25) is 9.59 Å². The van der Waals surface area contributed by atoms with Crippen molar-refractivity contribution in [3.63, 3.8) is 0 Å². The third-order valence-electron chi connectivity index (χ3n) is 4.84. The number of benzene rings is 2. The second kappa shape index (κ2) is 10.3. The molecule has 0 aromatic heterocycles. The van der Waals surface area contributed by atoms with E-state index in [1.807, 2.05) is 58.9 Å². The van der Waals surface area contributed by atoms with Gasteiger partial charge in [-0.05, 0) is 62.9 Å². The zero-order valence-electron chi connectivity index (χ0n) is 18.3. The summed E-state index contributed by atoms with van der Waals surface area (Å²) in [7, 11) is 0. The van der Waals surface area contributed by atoms with Crippen LogP contribution >= 0.6 is 23.2 Å². The van der Waals surface area contributed by atoms with Gasteiger partial charge in [-0.25, -0.2) is 0 Å². The van der Waals surface area contributed by atoms with E-state index in [0.717, 1.165) is 11.1 Å². The van der Waals surface area contributed by atoms with Gasteiger partial charge in [0.25, 0.3) is 0 Å². The summed E-state index contributed by atoms with van der Waals surface area (Å²) >= 11 is 12.3. The Morgan fingerprint density at radius 1 is 1.07 bits per heavy atom. The summed E-state index contributed by atoms with van der Waals surface area (Å²) in [5.74, 6) is -0.312. The van der Waals surface area contributed by atoms with Crippen molar-refractivity contribution in [3.8, 4) is 0 Å². The molecule has 0 aliphatic heterocycles. The van der Waals surface area contributed by atoms with Crippen molar-refractivity contribution in [2.24, 2.45) is 0 Å². The molecule has 0 saturated heterocycles. The minimum Gasteiger partial charge on any atom is -0.350 e. The Labute approximate surface area is 189 Å². The molecule has 2 aromatic carbocycles. The average molecular weight is 449 g/mol. The topological polar surface area (TPSA) is 49.4 Å². The Bertz CT molecular complexity index is 906. The second-order valence-electron chi connectivity index (χ2n) is 8.52. The molecule has 1 unspecified atom stereocenters. The van der Waals surface area contributed by atoms with Crippen LogP contribution in [0, 0.1) is 6.92 Å². The van der Waals surface area contributed by atoms with Gasteiger partial charge < -0.3 is 10.2 Å². The number of nitrogens with zero attached hydrogens (tertiary/aromatic N) is 1. The highest BCUT2D eigenvalue weighted by Gasteiger charge is 2.31. The predicted molar refractivity (Wildman–Crippen MR) is 124 cm³/mol. The summed E-state index contributed by atoms with van der Waals surface area (Å²) in [6.45, 7) is 10.1. The Morgan fingerprint density at radius 2 is 1.73 bits per heavy atom. The molecular weight excluding hydrogens is 419 g/mol. The highest BCUT2D eigenvalue weighted by atomic mass is 35.5. The molecule has 0 heterocycles. The van der Waals surface area contributed by atoms with E-state index in [4.69, 9.17) is 23.2 Å². The summed E-state index contributed by atoms with van der Waals surface area (Å²) in [4.78, 5) is 28.1. The van der Waals surface area contributed by atoms with E-state index in [-0.39, 0.29) is 23.8 Å². The van der Waals surface area contributed by atoms with Gasteiger partial charge in [0, 0.05) is 22.1 Å². The van der Waals surface area contributed by atoms with Crippen molar-refractivity contribution in [1.82, 2.24) is 10.2 Å². The molecule has 0 bridgehead atoms. The molecular formula is C24H30Cl2N2O2. The van der Waals surface area contributed by atoms with Crippen LogP contribution < -0.4 is 5.32 Å². The van der Waals surface area contributed by atoms with Crippen molar-refractivity contribution >= 4 is 35.0 Å². The third-order valence-corrected chi connectivity index (χ3v) is 5.43. The highest BCUT2D eigenvalue weighted by Crippen LogP contribution is 2.23. The molecule has 0 radical (unpaired) electrons. The van der Waals surface area contributed by atoms with E-state index in [1.54, 1.807) is 23.1 Å². The molecule has 1 atom stereocenters. The summed E-state index contributed by atoms with van der Waals surface area (Å²) in [6.07, 6.45) is 0.606. The number of rotatable bonds is 7. The molecule has 0 aliphatic rings. The average Bonchev–Trinajstić information content (AvgIpc) is 2.63. The lowest BCUT2D eigenvalue weighted by atomic mass is 10.0. The van der Waals surface area contributed by atoms with Crippen LogP contribution in [-0.2, 0) is 22.6 Å². The minimum atomic E-state index is -0.581. The number of halogens is 2. The fourth-order valence-electron chi connectivity index (χ4n) is 3.27. The number of aryl methyl sites for hydroxylation is 1. The van der Waals surface area contributed by atoms with Crippen LogP contribution in [0.4, 0.5) is 0 Å². The van der Waals surface area contributed by atoms with Gasteiger partial charge in [0.1, 0.15) is 6.04 Å². The lowest BCUT2D eigenvalue weighted by Crippen LogP contribution is -2.53. The summed E-state index contributed by atoms with van der Waals surface area (Å²) in [6, 6.07) is 12.4. The van der Waals surface area contributed by atoms with Crippen LogP contribution in [0.1, 0.15) is 50.8 Å². The number of hydrogen-bond donors (Lipinski definition) is 1. The summed E-state index contributed by atoms with van der Waals surface area (Å²) in [5, 5.41) is 3.97. The normalized spacial score (nSPS) is 12.4. The van der Waals surface area contributed by atoms with E-state index < -0.39 is 6.04 Å². The Balaban J connectivity index is 2.37. The zero-order chi connectivity index (χ0) is 22.5. The van der Waals surface area contributed by atoms with Gasteiger partial charge in [-0.2, -0.15) is 0 Å². The minimum absolute atomic E-state index is 0.0984. The molecule has 6 heteroatoms.